The van der Waals surface area contributed by atoms with Gasteiger partial charge >= 0.3 is 5.97 Å². The highest BCUT2D eigenvalue weighted by molar-refractivity contribution is 6.68. The molecular weight excluding hydrogens is 260 g/mol. The van der Waals surface area contributed by atoms with Gasteiger partial charge in [0.15, 0.2) is 6.10 Å². The van der Waals surface area contributed by atoms with Crippen LogP contribution in [-0.2, 0) is 9.53 Å². The molecule has 0 heterocycles. The Morgan fingerprint density at radius 2 is 2.07 bits per heavy atom. The molecule has 0 amide bonds. The van der Waals surface area contributed by atoms with Crippen LogP contribution in [0.25, 0.3) is 0 Å². The number of alkyl halides is 3. The number of rotatable bonds is 5. The average molecular weight is 266 g/mol. The van der Waals surface area contributed by atoms with Crippen LogP contribution in [-0.4, -0.2) is 39.0 Å². The molecule has 0 aliphatic rings. The summed E-state index contributed by atoms with van der Waals surface area (Å²) in [4.78, 5) is 19.4. The van der Waals surface area contributed by atoms with Gasteiger partial charge in [-0.15, -0.1) is 0 Å². The van der Waals surface area contributed by atoms with E-state index < -0.39 is 33.9 Å². The first-order valence-electron chi connectivity index (χ1n) is 3.25. The molecule has 0 fully saturated rings. The maximum absolute atomic E-state index is 10.1. The van der Waals surface area contributed by atoms with Gasteiger partial charge in [0.25, 0.3) is 0 Å². The predicted octanol–water partition coefficient (Wildman–Crippen LogP) is 1.10. The Morgan fingerprint density at radius 1 is 1.57 bits per heavy atom. The van der Waals surface area contributed by atoms with Crippen molar-refractivity contribution in [2.45, 2.75) is 9.90 Å². The lowest BCUT2D eigenvalue weighted by Crippen LogP contribution is -2.37. The molecule has 1 unspecified atom stereocenters. The zero-order valence-corrected chi connectivity index (χ0v) is 8.92. The van der Waals surface area contributed by atoms with E-state index in [0.29, 0.717) is 0 Å². The van der Waals surface area contributed by atoms with Gasteiger partial charge in [0.2, 0.25) is 10.3 Å². The standard InChI is InChI=1S/C5H6Cl3NO5/c6-5(7,8)3(1-9(12)13)14-2-4(10)11/h3H,1-2H2,(H,10,11). The number of hydrogen-bond donors (Lipinski definition) is 1. The number of nitro groups is 1. The van der Waals surface area contributed by atoms with Gasteiger partial charge in [0.1, 0.15) is 6.61 Å². The Hall–Kier alpha value is -0.300. The Bertz CT molecular complexity index is 228. The molecule has 82 valence electrons. The summed E-state index contributed by atoms with van der Waals surface area (Å²) < 4.78 is 2.52. The van der Waals surface area contributed by atoms with Gasteiger partial charge in [-0.1, -0.05) is 34.8 Å². The van der Waals surface area contributed by atoms with Crippen LogP contribution in [0.5, 0.6) is 0 Å². The second-order valence-corrected chi connectivity index (χ2v) is 4.62. The van der Waals surface area contributed by atoms with Gasteiger partial charge < -0.3 is 9.84 Å². The third kappa shape index (κ3) is 6.20. The predicted molar refractivity (Wildman–Crippen MR) is 49.5 cm³/mol. The van der Waals surface area contributed by atoms with Crippen LogP contribution in [0.4, 0.5) is 0 Å². The van der Waals surface area contributed by atoms with E-state index in [-0.39, 0.29) is 0 Å². The number of ether oxygens (including phenoxy) is 1. The highest BCUT2D eigenvalue weighted by Crippen LogP contribution is 2.32. The molecule has 0 aromatic heterocycles. The summed E-state index contributed by atoms with van der Waals surface area (Å²) in [6.07, 6.45) is -1.39. The minimum Gasteiger partial charge on any atom is -0.480 e. The van der Waals surface area contributed by atoms with E-state index in [9.17, 15) is 14.9 Å². The van der Waals surface area contributed by atoms with E-state index in [1.165, 1.54) is 0 Å². The SMILES string of the molecule is O=C(O)COC(C[N+](=O)[O-])C(Cl)(Cl)Cl. The minimum absolute atomic E-state index is 0.756. The number of hydrogen-bond acceptors (Lipinski definition) is 4. The van der Waals surface area contributed by atoms with Crippen LogP contribution in [0.15, 0.2) is 0 Å². The second-order valence-electron chi connectivity index (χ2n) is 2.25. The van der Waals surface area contributed by atoms with Gasteiger partial charge in [0, 0.05) is 4.92 Å². The molecule has 0 aliphatic heterocycles. The molecule has 0 spiro atoms. The smallest absolute Gasteiger partial charge is 0.329 e. The van der Waals surface area contributed by atoms with Crippen molar-refractivity contribution in [1.29, 1.82) is 0 Å². The van der Waals surface area contributed by atoms with Crippen molar-refractivity contribution >= 4 is 40.8 Å². The highest BCUT2D eigenvalue weighted by Gasteiger charge is 2.38. The van der Waals surface area contributed by atoms with E-state index >= 15 is 0 Å². The summed E-state index contributed by atoms with van der Waals surface area (Å²) in [6, 6.07) is 0. The summed E-state index contributed by atoms with van der Waals surface area (Å²) in [5.41, 5.74) is 0. The molecule has 0 radical (unpaired) electrons. The number of halogens is 3. The summed E-state index contributed by atoms with van der Waals surface area (Å²) in [5.74, 6) is -1.30. The van der Waals surface area contributed by atoms with E-state index in [0.717, 1.165) is 0 Å². The van der Waals surface area contributed by atoms with Crippen LogP contribution in [0.2, 0.25) is 0 Å². The second kappa shape index (κ2) is 5.55. The monoisotopic (exact) mass is 265 g/mol. The molecular formula is C5H6Cl3NO5. The van der Waals surface area contributed by atoms with Gasteiger partial charge in [-0.05, 0) is 0 Å². The van der Waals surface area contributed by atoms with Crippen molar-refractivity contribution in [3.8, 4) is 0 Å². The zero-order valence-electron chi connectivity index (χ0n) is 6.65. The number of nitrogens with zero attached hydrogens (tertiary/aromatic N) is 1. The number of carbonyl (C=O) groups is 1. The van der Waals surface area contributed by atoms with E-state index in [1.807, 2.05) is 0 Å². The molecule has 6 nitrogen and oxygen atoms in total. The average Bonchev–Trinajstić information content (AvgIpc) is 1.94. The van der Waals surface area contributed by atoms with Crippen LogP contribution in [0, 0.1) is 10.1 Å². The minimum atomic E-state index is -2.03. The van der Waals surface area contributed by atoms with E-state index in [4.69, 9.17) is 39.9 Å². The fourth-order valence-electron chi connectivity index (χ4n) is 0.558. The Balaban J connectivity index is 4.26. The van der Waals surface area contributed by atoms with Crippen LogP contribution in [0.1, 0.15) is 0 Å². The third-order valence-electron chi connectivity index (χ3n) is 1.09. The molecule has 0 aromatic carbocycles. The lowest BCUT2D eigenvalue weighted by molar-refractivity contribution is -0.491. The first-order chi connectivity index (χ1) is 6.23. The van der Waals surface area contributed by atoms with Crippen molar-refractivity contribution in [3.63, 3.8) is 0 Å². The molecule has 0 saturated heterocycles. The van der Waals surface area contributed by atoms with Gasteiger partial charge in [-0.25, -0.2) is 4.79 Å². The van der Waals surface area contributed by atoms with Crippen molar-refractivity contribution < 1.29 is 19.6 Å². The van der Waals surface area contributed by atoms with Gasteiger partial charge in [-0.2, -0.15) is 0 Å². The van der Waals surface area contributed by atoms with Gasteiger partial charge in [-0.3, -0.25) is 10.1 Å². The maximum atomic E-state index is 10.1. The molecule has 9 heteroatoms. The Morgan fingerprint density at radius 3 is 2.36 bits per heavy atom. The molecule has 1 atom stereocenters. The summed E-state index contributed by atoms with van der Waals surface area (Å²) in [6.45, 7) is -1.53. The first-order valence-corrected chi connectivity index (χ1v) is 4.38. The van der Waals surface area contributed by atoms with Crippen molar-refractivity contribution in [2.75, 3.05) is 13.2 Å². The van der Waals surface area contributed by atoms with E-state index in [2.05, 4.69) is 4.74 Å². The van der Waals surface area contributed by atoms with E-state index in [1.54, 1.807) is 0 Å². The van der Waals surface area contributed by atoms with Crippen LogP contribution in [0.3, 0.4) is 0 Å². The lowest BCUT2D eigenvalue weighted by Gasteiger charge is -2.19. The lowest BCUT2D eigenvalue weighted by atomic mass is 10.4. The molecule has 0 rings (SSSR count). The first kappa shape index (κ1) is 13.7. The summed E-state index contributed by atoms with van der Waals surface area (Å²) >= 11 is 16.0. The molecule has 14 heavy (non-hydrogen) atoms. The Kier molecular flexibility index (Phi) is 5.43. The summed E-state index contributed by atoms with van der Waals surface area (Å²) in [5, 5.41) is 18.3. The quantitative estimate of drug-likeness (QED) is 0.457. The molecule has 0 aromatic rings. The molecule has 0 saturated carbocycles. The topological polar surface area (TPSA) is 89.7 Å². The number of carboxylic acid groups (broad SMARTS) is 1. The fraction of sp³-hybridized carbons (Fsp3) is 0.800. The fourth-order valence-corrected chi connectivity index (χ4v) is 0.954. The van der Waals surface area contributed by atoms with Crippen molar-refractivity contribution in [3.05, 3.63) is 10.1 Å². The molecule has 0 bridgehead atoms. The number of carboxylic acids is 1. The van der Waals surface area contributed by atoms with Gasteiger partial charge in [0.05, 0.1) is 0 Å². The van der Waals surface area contributed by atoms with Crippen LogP contribution >= 0.6 is 34.8 Å². The largest absolute Gasteiger partial charge is 0.480 e. The maximum Gasteiger partial charge on any atom is 0.329 e. The molecule has 0 aliphatic carbocycles. The zero-order chi connectivity index (χ0) is 11.4. The highest BCUT2D eigenvalue weighted by atomic mass is 35.6. The van der Waals surface area contributed by atoms with Crippen molar-refractivity contribution in [2.24, 2.45) is 0 Å². The normalized spacial score (nSPS) is 13.6. The van der Waals surface area contributed by atoms with Crippen molar-refractivity contribution in [1.82, 2.24) is 0 Å². The summed E-state index contributed by atoms with van der Waals surface area (Å²) in [7, 11) is 0. The molecule has 1 N–H and O–H groups in total. The number of aliphatic carboxylic acids is 1. The van der Waals surface area contributed by atoms with Crippen LogP contribution < -0.4 is 0 Å². The Labute approximate surface area is 93.8 Å². The third-order valence-corrected chi connectivity index (χ3v) is 1.82.